The Morgan fingerprint density at radius 2 is 1.92 bits per heavy atom. The molecule has 2 amide bonds. The maximum atomic E-state index is 13.0. The van der Waals surface area contributed by atoms with Crippen LogP contribution in [0.15, 0.2) is 48.5 Å². The standard InChI is InChI=1S/C21H25N3O2/c1-16-9-10-19-17(14-16)6-5-12-23(19)15-21(26)24(13-11-20(22)25)18-7-3-2-4-8-18/h2-4,7-10,14H,5-6,11-13,15H2,1H3,(H2,22,25). The number of anilines is 2. The zero-order valence-corrected chi connectivity index (χ0v) is 15.1. The topological polar surface area (TPSA) is 66.6 Å². The van der Waals surface area contributed by atoms with E-state index in [1.807, 2.05) is 30.3 Å². The van der Waals surface area contributed by atoms with Crippen LogP contribution in [0.3, 0.4) is 0 Å². The van der Waals surface area contributed by atoms with Gasteiger partial charge in [0.15, 0.2) is 0 Å². The van der Waals surface area contributed by atoms with Gasteiger partial charge >= 0.3 is 0 Å². The molecule has 0 bridgehead atoms. The zero-order valence-electron chi connectivity index (χ0n) is 15.1. The van der Waals surface area contributed by atoms with Gasteiger partial charge in [-0.1, -0.05) is 35.9 Å². The molecular formula is C21H25N3O2. The molecule has 136 valence electrons. The molecule has 0 fully saturated rings. The van der Waals surface area contributed by atoms with Gasteiger partial charge in [-0.2, -0.15) is 0 Å². The van der Waals surface area contributed by atoms with E-state index in [0.717, 1.165) is 30.8 Å². The fourth-order valence-corrected chi connectivity index (χ4v) is 3.44. The van der Waals surface area contributed by atoms with Crippen molar-refractivity contribution in [1.29, 1.82) is 0 Å². The van der Waals surface area contributed by atoms with Gasteiger partial charge in [0, 0.05) is 30.9 Å². The second-order valence-electron chi connectivity index (χ2n) is 6.75. The van der Waals surface area contributed by atoms with Crippen LogP contribution in [0, 0.1) is 6.92 Å². The number of amides is 2. The van der Waals surface area contributed by atoms with E-state index in [4.69, 9.17) is 5.73 Å². The number of carbonyl (C=O) groups excluding carboxylic acids is 2. The van der Waals surface area contributed by atoms with Crippen LogP contribution in [-0.4, -0.2) is 31.4 Å². The van der Waals surface area contributed by atoms with Crippen molar-refractivity contribution >= 4 is 23.2 Å². The van der Waals surface area contributed by atoms with Gasteiger partial charge in [0.05, 0.1) is 6.54 Å². The van der Waals surface area contributed by atoms with Gasteiger partial charge in [0.1, 0.15) is 0 Å². The third-order valence-corrected chi connectivity index (χ3v) is 4.73. The second kappa shape index (κ2) is 8.04. The lowest BCUT2D eigenvalue weighted by atomic mass is 9.99. The summed E-state index contributed by atoms with van der Waals surface area (Å²) in [7, 11) is 0. The Morgan fingerprint density at radius 3 is 2.65 bits per heavy atom. The normalized spacial score (nSPS) is 13.2. The molecule has 0 saturated carbocycles. The largest absolute Gasteiger partial charge is 0.370 e. The van der Waals surface area contributed by atoms with E-state index in [0.29, 0.717) is 13.1 Å². The smallest absolute Gasteiger partial charge is 0.246 e. The lowest BCUT2D eigenvalue weighted by Crippen LogP contribution is -2.43. The van der Waals surface area contributed by atoms with Crippen LogP contribution in [0.5, 0.6) is 0 Å². The maximum Gasteiger partial charge on any atom is 0.246 e. The van der Waals surface area contributed by atoms with Crippen LogP contribution < -0.4 is 15.5 Å². The third kappa shape index (κ3) is 4.23. The number of primary amides is 1. The van der Waals surface area contributed by atoms with Crippen LogP contribution in [0.25, 0.3) is 0 Å². The Labute approximate surface area is 154 Å². The summed E-state index contributed by atoms with van der Waals surface area (Å²) < 4.78 is 0. The van der Waals surface area contributed by atoms with E-state index >= 15 is 0 Å². The minimum atomic E-state index is -0.405. The van der Waals surface area contributed by atoms with Gasteiger partial charge in [-0.05, 0) is 43.5 Å². The molecule has 1 aliphatic heterocycles. The number of aryl methyl sites for hydroxylation is 2. The van der Waals surface area contributed by atoms with Crippen LogP contribution in [0.2, 0.25) is 0 Å². The highest BCUT2D eigenvalue weighted by molar-refractivity contribution is 5.97. The molecule has 2 aromatic carbocycles. The zero-order chi connectivity index (χ0) is 18.5. The number of fused-ring (bicyclic) bond motifs is 1. The molecule has 0 unspecified atom stereocenters. The predicted molar refractivity (Wildman–Crippen MR) is 104 cm³/mol. The monoisotopic (exact) mass is 351 g/mol. The first-order chi connectivity index (χ1) is 12.5. The molecule has 0 saturated heterocycles. The number of rotatable bonds is 6. The van der Waals surface area contributed by atoms with Crippen molar-refractivity contribution < 1.29 is 9.59 Å². The Bertz CT molecular complexity index is 789. The number of nitrogens with zero attached hydrogens (tertiary/aromatic N) is 2. The van der Waals surface area contributed by atoms with Crippen LogP contribution in [-0.2, 0) is 16.0 Å². The summed E-state index contributed by atoms with van der Waals surface area (Å²) in [5.74, 6) is -0.427. The fraction of sp³-hybridized carbons (Fsp3) is 0.333. The Hall–Kier alpha value is -2.82. The third-order valence-electron chi connectivity index (χ3n) is 4.73. The maximum absolute atomic E-state index is 13.0. The molecule has 3 rings (SSSR count). The van der Waals surface area contributed by atoms with Crippen molar-refractivity contribution in [2.24, 2.45) is 5.73 Å². The summed E-state index contributed by atoms with van der Waals surface area (Å²) in [4.78, 5) is 28.1. The molecule has 0 spiro atoms. The summed E-state index contributed by atoms with van der Waals surface area (Å²) in [6, 6.07) is 15.8. The average Bonchev–Trinajstić information content (AvgIpc) is 2.62. The second-order valence-corrected chi connectivity index (χ2v) is 6.75. The highest BCUT2D eigenvalue weighted by Gasteiger charge is 2.23. The summed E-state index contributed by atoms with van der Waals surface area (Å²) >= 11 is 0. The van der Waals surface area contributed by atoms with Crippen molar-refractivity contribution in [2.75, 3.05) is 29.4 Å². The summed E-state index contributed by atoms with van der Waals surface area (Å²) in [5.41, 5.74) is 9.76. The number of hydrogen-bond donors (Lipinski definition) is 1. The summed E-state index contributed by atoms with van der Waals surface area (Å²) in [5, 5.41) is 0. The van der Waals surface area contributed by atoms with Crippen LogP contribution in [0.1, 0.15) is 24.0 Å². The van der Waals surface area contributed by atoms with Gasteiger partial charge in [-0.15, -0.1) is 0 Å². The molecule has 0 aromatic heterocycles. The Balaban J connectivity index is 1.79. The van der Waals surface area contributed by atoms with E-state index in [-0.39, 0.29) is 12.3 Å². The highest BCUT2D eigenvalue weighted by Crippen LogP contribution is 2.28. The van der Waals surface area contributed by atoms with Gasteiger partial charge in [0.25, 0.3) is 0 Å². The fourth-order valence-electron chi connectivity index (χ4n) is 3.44. The molecule has 5 heteroatoms. The van der Waals surface area contributed by atoms with Gasteiger partial charge < -0.3 is 15.5 Å². The Kier molecular flexibility index (Phi) is 5.56. The Morgan fingerprint density at radius 1 is 1.15 bits per heavy atom. The van der Waals surface area contributed by atoms with Crippen molar-refractivity contribution in [3.05, 3.63) is 59.7 Å². The van der Waals surface area contributed by atoms with Gasteiger partial charge in [-0.25, -0.2) is 0 Å². The SMILES string of the molecule is Cc1ccc2c(c1)CCCN2CC(=O)N(CCC(N)=O)c1ccccc1. The number of carbonyl (C=O) groups is 2. The van der Waals surface area contributed by atoms with Crippen molar-refractivity contribution in [3.63, 3.8) is 0 Å². The molecule has 1 aliphatic rings. The molecular weight excluding hydrogens is 326 g/mol. The lowest BCUT2D eigenvalue weighted by molar-refractivity contribution is -0.118. The van der Waals surface area contributed by atoms with E-state index in [1.54, 1.807) is 4.90 Å². The molecule has 26 heavy (non-hydrogen) atoms. The van der Waals surface area contributed by atoms with Crippen LogP contribution in [0.4, 0.5) is 11.4 Å². The summed E-state index contributed by atoms with van der Waals surface area (Å²) in [6.45, 7) is 3.54. The number of para-hydroxylation sites is 1. The van der Waals surface area contributed by atoms with Gasteiger partial charge in [-0.3, -0.25) is 9.59 Å². The average molecular weight is 351 g/mol. The first kappa shape index (κ1) is 18.0. The van der Waals surface area contributed by atoms with Crippen LogP contribution >= 0.6 is 0 Å². The minimum absolute atomic E-state index is 0.0223. The molecule has 2 N–H and O–H groups in total. The number of benzene rings is 2. The minimum Gasteiger partial charge on any atom is -0.370 e. The molecule has 2 aromatic rings. The molecule has 0 aliphatic carbocycles. The van der Waals surface area contributed by atoms with Crippen molar-refractivity contribution in [3.8, 4) is 0 Å². The van der Waals surface area contributed by atoms with Crippen molar-refractivity contribution in [1.82, 2.24) is 0 Å². The lowest BCUT2D eigenvalue weighted by Gasteiger charge is -2.33. The van der Waals surface area contributed by atoms with Crippen molar-refractivity contribution in [2.45, 2.75) is 26.2 Å². The quantitative estimate of drug-likeness (QED) is 0.870. The van der Waals surface area contributed by atoms with Gasteiger partial charge in [0.2, 0.25) is 11.8 Å². The highest BCUT2D eigenvalue weighted by atomic mass is 16.2. The number of hydrogen-bond acceptors (Lipinski definition) is 3. The predicted octanol–water partition coefficient (Wildman–Crippen LogP) is 2.66. The molecule has 5 nitrogen and oxygen atoms in total. The first-order valence-corrected chi connectivity index (χ1v) is 9.03. The molecule has 0 atom stereocenters. The van der Waals surface area contributed by atoms with E-state index in [1.165, 1.54) is 11.1 Å². The van der Waals surface area contributed by atoms with E-state index < -0.39 is 5.91 Å². The van der Waals surface area contributed by atoms with E-state index in [2.05, 4.69) is 30.0 Å². The first-order valence-electron chi connectivity index (χ1n) is 9.03. The summed E-state index contributed by atoms with van der Waals surface area (Å²) in [6.07, 6.45) is 2.23. The van der Waals surface area contributed by atoms with E-state index in [9.17, 15) is 9.59 Å². The number of nitrogens with two attached hydrogens (primary N) is 1. The molecule has 0 radical (unpaired) electrons. The molecule has 1 heterocycles.